The largest absolute Gasteiger partial charge is 0.512 e. The van der Waals surface area contributed by atoms with E-state index in [0.717, 1.165) is 36.9 Å². The van der Waals surface area contributed by atoms with Crippen LogP contribution >= 0.6 is 0 Å². The first-order chi connectivity index (χ1) is 21.1. The van der Waals surface area contributed by atoms with Gasteiger partial charge in [0.1, 0.15) is 0 Å². The first kappa shape index (κ1) is 35.0. The van der Waals surface area contributed by atoms with Crippen molar-refractivity contribution in [3.05, 3.63) is 83.4 Å². The SMILES string of the molecule is CC(C)(C)c1cc2c3c(nccc3c1)-c1[c-]cc3ncccc3c1C21CCCC1.CCC(CC)C(=O)/C=C(\O)C(CC)CC.[Ir]. The van der Waals surface area contributed by atoms with Crippen LogP contribution in [0.25, 0.3) is 32.9 Å². The number of fused-ring (bicyclic) bond motifs is 6. The zero-order chi connectivity index (χ0) is 31.6. The zero-order valence-corrected chi connectivity index (χ0v) is 30.5. The third-order valence-electron chi connectivity index (χ3n) is 10.2. The van der Waals surface area contributed by atoms with E-state index in [-0.39, 0.29) is 54.3 Å². The van der Waals surface area contributed by atoms with Crippen molar-refractivity contribution in [2.45, 2.75) is 111 Å². The summed E-state index contributed by atoms with van der Waals surface area (Å²) in [6.07, 6.45) is 13.7. The molecule has 5 heteroatoms. The van der Waals surface area contributed by atoms with Gasteiger partial charge >= 0.3 is 0 Å². The monoisotopic (exact) mass is 782 g/mol. The third-order valence-corrected chi connectivity index (χ3v) is 10.2. The van der Waals surface area contributed by atoms with E-state index in [2.05, 4.69) is 62.2 Å². The number of allylic oxidation sites excluding steroid dienone is 2. The summed E-state index contributed by atoms with van der Waals surface area (Å²) in [5.74, 6) is 0.547. The standard InChI is InChI=1S/C27H25N2.C13H24O2.Ir/c1-26(2,3)18-15-17-10-14-29-25-20-8-9-22-19(7-6-13-28-22)24(20)27(11-4-5-12-27)21(16-18)23(17)25;1-5-10(6-2)12(14)9-13(15)11(7-3)8-4;/h6-7,9-10,13-16H,4-5,11-12H2,1-3H3;9-11,14H,5-8H2,1-4H3;/q-1;;/b;12-9-;. The molecule has 241 valence electrons. The Hall–Kier alpha value is -2.88. The van der Waals surface area contributed by atoms with Crippen LogP contribution < -0.4 is 0 Å². The van der Waals surface area contributed by atoms with Gasteiger partial charge in [0.25, 0.3) is 0 Å². The Balaban J connectivity index is 0.000000249. The molecule has 45 heavy (non-hydrogen) atoms. The van der Waals surface area contributed by atoms with Gasteiger partial charge in [-0.2, -0.15) is 0 Å². The van der Waals surface area contributed by atoms with Crippen molar-refractivity contribution >= 4 is 27.5 Å². The number of carbonyl (C=O) groups excluding carboxylic acids is 1. The molecule has 0 aliphatic heterocycles. The fourth-order valence-electron chi connectivity index (χ4n) is 7.50. The first-order valence-corrected chi connectivity index (χ1v) is 16.8. The third kappa shape index (κ3) is 6.54. The quantitative estimate of drug-likeness (QED) is 0.115. The number of carbonyl (C=O) groups is 1. The molecule has 1 saturated carbocycles. The number of hydrogen-bond donors (Lipinski definition) is 1. The van der Waals surface area contributed by atoms with Gasteiger partial charge in [-0.05, 0) is 94.6 Å². The van der Waals surface area contributed by atoms with Crippen molar-refractivity contribution in [2.24, 2.45) is 11.8 Å². The molecule has 2 aromatic heterocycles. The molecule has 0 unspecified atom stereocenters. The molecule has 1 radical (unpaired) electrons. The number of aromatic nitrogens is 2. The molecule has 4 nitrogen and oxygen atoms in total. The van der Waals surface area contributed by atoms with E-state index in [1.54, 1.807) is 0 Å². The molecule has 2 heterocycles. The van der Waals surface area contributed by atoms with Crippen LogP contribution in [-0.4, -0.2) is 20.9 Å². The fraction of sp³-hybridized carbons (Fsp3) is 0.475. The Morgan fingerprint density at radius 1 is 0.978 bits per heavy atom. The van der Waals surface area contributed by atoms with Gasteiger partial charge in [0.15, 0.2) is 5.78 Å². The summed E-state index contributed by atoms with van der Waals surface area (Å²) >= 11 is 0. The number of benzene rings is 2. The summed E-state index contributed by atoms with van der Waals surface area (Å²) in [6, 6.07) is 17.0. The molecule has 0 bridgehead atoms. The molecule has 0 atom stereocenters. The average molecular weight is 782 g/mol. The van der Waals surface area contributed by atoms with Gasteiger partial charge in [-0.15, -0.1) is 23.3 Å². The Morgan fingerprint density at radius 3 is 2.27 bits per heavy atom. The molecule has 2 aliphatic carbocycles. The van der Waals surface area contributed by atoms with Crippen molar-refractivity contribution in [3.63, 3.8) is 0 Å². The number of rotatable bonds is 7. The van der Waals surface area contributed by atoms with Gasteiger partial charge in [-0.25, -0.2) is 0 Å². The molecule has 0 amide bonds. The Morgan fingerprint density at radius 2 is 1.64 bits per heavy atom. The van der Waals surface area contributed by atoms with E-state index < -0.39 is 0 Å². The number of aliphatic hydroxyl groups excluding tert-OH is 1. The van der Waals surface area contributed by atoms with Gasteiger partial charge in [-0.3, -0.25) is 4.79 Å². The molecule has 6 rings (SSSR count). The van der Waals surface area contributed by atoms with Gasteiger partial charge in [0.05, 0.1) is 5.76 Å². The molecule has 4 aromatic rings. The molecule has 2 aliphatic rings. The van der Waals surface area contributed by atoms with E-state index in [4.69, 9.17) is 4.98 Å². The smallest absolute Gasteiger partial charge is 0.162 e. The van der Waals surface area contributed by atoms with E-state index in [1.165, 1.54) is 70.2 Å². The van der Waals surface area contributed by atoms with E-state index >= 15 is 0 Å². The van der Waals surface area contributed by atoms with E-state index in [1.807, 2.05) is 46.2 Å². The maximum atomic E-state index is 11.7. The number of ketones is 1. The Labute approximate surface area is 283 Å². The van der Waals surface area contributed by atoms with Gasteiger partial charge in [0.2, 0.25) is 0 Å². The minimum atomic E-state index is 0. The second-order valence-electron chi connectivity index (χ2n) is 13.8. The van der Waals surface area contributed by atoms with Crippen molar-refractivity contribution in [3.8, 4) is 11.3 Å². The van der Waals surface area contributed by atoms with Crippen molar-refractivity contribution in [2.75, 3.05) is 0 Å². The summed E-state index contributed by atoms with van der Waals surface area (Å²) in [4.78, 5) is 21.2. The summed E-state index contributed by atoms with van der Waals surface area (Å²) in [5.41, 5.74) is 7.79. The minimum Gasteiger partial charge on any atom is -0.512 e. The van der Waals surface area contributed by atoms with Crippen molar-refractivity contribution < 1.29 is 30.0 Å². The predicted molar refractivity (Wildman–Crippen MR) is 183 cm³/mol. The maximum absolute atomic E-state index is 11.7. The molecule has 1 N–H and O–H groups in total. The van der Waals surface area contributed by atoms with Crippen LogP contribution in [0, 0.1) is 17.9 Å². The second kappa shape index (κ2) is 14.3. The Bertz CT molecular complexity index is 1690. The topological polar surface area (TPSA) is 63.1 Å². The molecular formula is C40H49IrN2O2-. The van der Waals surface area contributed by atoms with E-state index in [9.17, 15) is 9.90 Å². The van der Waals surface area contributed by atoms with Crippen LogP contribution in [0.2, 0.25) is 0 Å². The maximum Gasteiger partial charge on any atom is 0.162 e. The molecule has 1 spiro atoms. The Kier molecular flexibility index (Phi) is 11.1. The number of pyridine rings is 2. The normalized spacial score (nSPS) is 15.3. The van der Waals surface area contributed by atoms with Crippen LogP contribution in [0.1, 0.15) is 117 Å². The summed E-state index contributed by atoms with van der Waals surface area (Å²) in [7, 11) is 0. The van der Waals surface area contributed by atoms with Crippen molar-refractivity contribution in [1.29, 1.82) is 0 Å². The van der Waals surface area contributed by atoms with Crippen LogP contribution in [0.15, 0.2) is 60.6 Å². The minimum absolute atomic E-state index is 0. The second-order valence-corrected chi connectivity index (χ2v) is 13.8. The molecular weight excluding hydrogens is 733 g/mol. The summed E-state index contributed by atoms with van der Waals surface area (Å²) < 4.78 is 0. The predicted octanol–water partition coefficient (Wildman–Crippen LogP) is 10.6. The first-order valence-electron chi connectivity index (χ1n) is 16.8. The number of aliphatic hydroxyl groups is 1. The summed E-state index contributed by atoms with van der Waals surface area (Å²) in [6.45, 7) is 15.0. The number of nitrogens with zero attached hydrogens (tertiary/aromatic N) is 2. The van der Waals surface area contributed by atoms with Crippen molar-refractivity contribution in [1.82, 2.24) is 9.97 Å². The molecule has 0 saturated heterocycles. The molecule has 2 aromatic carbocycles. The van der Waals surface area contributed by atoms with Crippen LogP contribution in [0.4, 0.5) is 0 Å². The zero-order valence-electron chi connectivity index (χ0n) is 28.1. The average Bonchev–Trinajstić information content (AvgIpc) is 3.50. The fourth-order valence-corrected chi connectivity index (χ4v) is 7.50. The van der Waals surface area contributed by atoms with Crippen LogP contribution in [-0.2, 0) is 35.7 Å². The van der Waals surface area contributed by atoms with Crippen LogP contribution in [0.3, 0.4) is 0 Å². The molecule has 1 fully saturated rings. The van der Waals surface area contributed by atoms with Gasteiger partial charge < -0.3 is 15.1 Å². The van der Waals surface area contributed by atoms with E-state index in [0.29, 0.717) is 0 Å². The summed E-state index contributed by atoms with van der Waals surface area (Å²) in [5, 5.41) is 13.7. The van der Waals surface area contributed by atoms with Gasteiger partial charge in [0, 0.05) is 50.4 Å². The van der Waals surface area contributed by atoms with Gasteiger partial charge in [-0.1, -0.05) is 84.9 Å². The van der Waals surface area contributed by atoms with Crippen LogP contribution in [0.5, 0.6) is 0 Å². The number of hydrogen-bond acceptors (Lipinski definition) is 4.